The predicted octanol–water partition coefficient (Wildman–Crippen LogP) is 3.38. The van der Waals surface area contributed by atoms with Crippen LogP contribution in [0.4, 0.5) is 4.79 Å². The van der Waals surface area contributed by atoms with E-state index in [9.17, 15) is 19.2 Å². The number of rotatable bonds is 10. The average molecular weight is 618 g/mol. The van der Waals surface area contributed by atoms with E-state index in [1.54, 1.807) is 23.8 Å². The number of hydrogen-bond donors (Lipinski definition) is 1. The second-order valence-corrected chi connectivity index (χ2v) is 14.9. The summed E-state index contributed by atoms with van der Waals surface area (Å²) in [6.45, 7) is 14.9. The Morgan fingerprint density at radius 1 is 1.09 bits per heavy atom. The summed E-state index contributed by atoms with van der Waals surface area (Å²) in [5.74, 6) is -0.530. The Kier molecular flexibility index (Phi) is 8.98. The Bertz CT molecular complexity index is 1190. The van der Waals surface area contributed by atoms with Gasteiger partial charge in [-0.15, -0.1) is 0 Å². The minimum absolute atomic E-state index is 0.00939. The van der Waals surface area contributed by atoms with E-state index in [4.69, 9.17) is 18.9 Å². The Balaban J connectivity index is 1.14. The van der Waals surface area contributed by atoms with Crippen LogP contribution in [0.2, 0.25) is 0 Å². The monoisotopic (exact) mass is 617 g/mol. The van der Waals surface area contributed by atoms with Gasteiger partial charge in [0.1, 0.15) is 35.2 Å². The highest BCUT2D eigenvalue weighted by Gasteiger charge is 2.72. The fourth-order valence-corrected chi connectivity index (χ4v) is 7.65. The van der Waals surface area contributed by atoms with E-state index in [1.807, 2.05) is 20.8 Å². The van der Waals surface area contributed by atoms with Gasteiger partial charge >= 0.3 is 6.09 Å². The second-order valence-electron chi connectivity index (χ2n) is 14.9. The molecule has 5 aliphatic rings. The number of carbonyl (C=O) groups excluding carboxylic acids is 4. The molecule has 11 heteroatoms. The molecule has 3 amide bonds. The zero-order valence-electron chi connectivity index (χ0n) is 27.6. The molecule has 0 aromatic heterocycles. The number of allylic oxidation sites excluding steroid dienone is 1. The van der Waals surface area contributed by atoms with Gasteiger partial charge in [-0.05, 0) is 53.4 Å². The SMILES string of the molecule is CO[C@@H]1[C@H](OC(=O)N2C[C@@H]3C[C@H]2CN3C(=O)[C@H](C)NC(=O)CCC(=O)C(C)(C)C)CC[C@]2(CO2)[C@H]1[C@@]1(C)O[C@@H]1CC=C(C)C. The standard InChI is InChI=1S/C33H51N3O8/c1-19(2)9-11-25-32(7,44-25)28-27(41-8)23(13-14-33(28)18-42-33)43-30(40)36-17-21-15-22(36)16-35(21)29(39)20(3)34-26(38)12-10-24(37)31(4,5)6/h9,20-23,25,27-28H,10-18H2,1-8H3,(H,34,38)/t20-,21-,22-,23+,25+,27+,28+,32-,33-/m0/s1. The van der Waals surface area contributed by atoms with Crippen molar-refractivity contribution in [3.63, 3.8) is 0 Å². The van der Waals surface area contributed by atoms with Crippen LogP contribution in [0.1, 0.15) is 87.0 Å². The van der Waals surface area contributed by atoms with Crippen LogP contribution in [0, 0.1) is 11.3 Å². The van der Waals surface area contributed by atoms with Crippen LogP contribution in [-0.4, -0.2) is 108 Å². The minimum Gasteiger partial charge on any atom is -0.443 e. The molecular formula is C33H51N3O8. The molecule has 44 heavy (non-hydrogen) atoms. The largest absolute Gasteiger partial charge is 0.443 e. The van der Waals surface area contributed by atoms with Gasteiger partial charge in [-0.3, -0.25) is 14.4 Å². The summed E-state index contributed by atoms with van der Waals surface area (Å²) in [6, 6.07) is -0.978. The van der Waals surface area contributed by atoms with Crippen LogP contribution in [0.15, 0.2) is 11.6 Å². The molecule has 5 fully saturated rings. The van der Waals surface area contributed by atoms with Crippen molar-refractivity contribution in [1.29, 1.82) is 0 Å². The van der Waals surface area contributed by atoms with Gasteiger partial charge in [0.25, 0.3) is 0 Å². The smallest absolute Gasteiger partial charge is 0.410 e. The highest BCUT2D eigenvalue weighted by atomic mass is 16.6. The number of fused-ring (bicyclic) bond motifs is 2. The van der Waals surface area contributed by atoms with Gasteiger partial charge in [-0.25, -0.2) is 4.79 Å². The number of hydrogen-bond acceptors (Lipinski definition) is 8. The Hall–Kier alpha value is -2.50. The first-order valence-electron chi connectivity index (χ1n) is 16.2. The lowest BCUT2D eigenvalue weighted by molar-refractivity contribution is -0.138. The Labute approximate surface area is 261 Å². The van der Waals surface area contributed by atoms with Crippen LogP contribution >= 0.6 is 0 Å². The van der Waals surface area contributed by atoms with E-state index in [1.165, 1.54) is 5.57 Å². The maximum Gasteiger partial charge on any atom is 0.410 e. The van der Waals surface area contributed by atoms with E-state index in [-0.39, 0.29) is 72.3 Å². The molecule has 0 aromatic carbocycles. The zero-order chi connectivity index (χ0) is 32.2. The van der Waals surface area contributed by atoms with Crippen LogP contribution in [-0.2, 0) is 33.3 Å². The summed E-state index contributed by atoms with van der Waals surface area (Å²) < 4.78 is 24.5. The molecule has 1 spiro atoms. The number of ketones is 1. The van der Waals surface area contributed by atoms with Gasteiger partial charge in [0, 0.05) is 38.5 Å². The number of methoxy groups -OCH3 is 1. The molecule has 0 radical (unpaired) electrons. The molecule has 0 aromatic rings. The molecule has 9 atom stereocenters. The van der Waals surface area contributed by atoms with Crippen molar-refractivity contribution >= 4 is 23.7 Å². The van der Waals surface area contributed by atoms with Crippen LogP contribution in [0.5, 0.6) is 0 Å². The third-order valence-electron chi connectivity index (χ3n) is 10.4. The second kappa shape index (κ2) is 12.0. The van der Waals surface area contributed by atoms with Gasteiger partial charge in [-0.1, -0.05) is 32.4 Å². The third kappa shape index (κ3) is 6.42. The minimum atomic E-state index is -0.711. The van der Waals surface area contributed by atoms with Crippen molar-refractivity contribution in [2.75, 3.05) is 26.8 Å². The van der Waals surface area contributed by atoms with Crippen molar-refractivity contribution in [2.24, 2.45) is 11.3 Å². The Morgan fingerprint density at radius 2 is 1.75 bits per heavy atom. The van der Waals surface area contributed by atoms with Crippen molar-refractivity contribution in [3.05, 3.63) is 11.6 Å². The van der Waals surface area contributed by atoms with Crippen molar-refractivity contribution in [2.45, 2.75) is 135 Å². The van der Waals surface area contributed by atoms with Crippen LogP contribution in [0.25, 0.3) is 0 Å². The van der Waals surface area contributed by atoms with Crippen molar-refractivity contribution in [1.82, 2.24) is 15.1 Å². The lowest BCUT2D eigenvalue weighted by Gasteiger charge is -2.43. The first-order chi connectivity index (χ1) is 20.6. The molecule has 246 valence electrons. The van der Waals surface area contributed by atoms with E-state index in [2.05, 4.69) is 32.2 Å². The molecule has 4 aliphatic heterocycles. The lowest BCUT2D eigenvalue weighted by atomic mass is 9.68. The summed E-state index contributed by atoms with van der Waals surface area (Å²) in [4.78, 5) is 54.8. The number of nitrogens with one attached hydrogen (secondary N) is 1. The highest BCUT2D eigenvalue weighted by Crippen LogP contribution is 2.59. The summed E-state index contributed by atoms with van der Waals surface area (Å²) in [5, 5.41) is 2.75. The summed E-state index contributed by atoms with van der Waals surface area (Å²) >= 11 is 0. The quantitative estimate of drug-likeness (QED) is 0.292. The van der Waals surface area contributed by atoms with Crippen molar-refractivity contribution in [3.8, 4) is 0 Å². The predicted molar refractivity (Wildman–Crippen MR) is 162 cm³/mol. The number of carbonyl (C=O) groups is 4. The number of piperazine rings is 1. The zero-order valence-corrected chi connectivity index (χ0v) is 27.6. The first kappa shape index (κ1) is 32.9. The van der Waals surface area contributed by atoms with Gasteiger partial charge in [0.05, 0.1) is 30.7 Å². The molecule has 5 rings (SSSR count). The van der Waals surface area contributed by atoms with E-state index in [0.29, 0.717) is 32.5 Å². The van der Waals surface area contributed by atoms with Gasteiger partial charge in [0.2, 0.25) is 11.8 Å². The molecule has 1 N–H and O–H groups in total. The van der Waals surface area contributed by atoms with Gasteiger partial charge < -0.3 is 34.1 Å². The van der Waals surface area contributed by atoms with E-state index >= 15 is 0 Å². The van der Waals surface area contributed by atoms with Crippen molar-refractivity contribution < 1.29 is 38.1 Å². The summed E-state index contributed by atoms with van der Waals surface area (Å²) in [5.41, 5.74) is 0.0526. The number of amides is 3. The molecule has 11 nitrogen and oxygen atoms in total. The number of nitrogens with zero attached hydrogens (tertiary/aromatic N) is 2. The summed E-state index contributed by atoms with van der Waals surface area (Å²) in [7, 11) is 1.67. The number of epoxide rings is 2. The fraction of sp³-hybridized carbons (Fsp3) is 0.818. The fourth-order valence-electron chi connectivity index (χ4n) is 7.65. The topological polar surface area (TPSA) is 130 Å². The van der Waals surface area contributed by atoms with E-state index in [0.717, 1.165) is 12.8 Å². The average Bonchev–Trinajstić information content (AvgIpc) is 3.76. The molecule has 0 unspecified atom stereocenters. The number of likely N-dealkylation sites (tertiary alicyclic amines) is 2. The molecule has 1 aliphatic carbocycles. The normalized spacial score (nSPS) is 36.2. The van der Waals surface area contributed by atoms with Gasteiger partial charge in [-0.2, -0.15) is 0 Å². The van der Waals surface area contributed by atoms with E-state index < -0.39 is 23.2 Å². The number of ether oxygens (including phenoxy) is 4. The first-order valence-corrected chi connectivity index (χ1v) is 16.2. The van der Waals surface area contributed by atoms with Crippen LogP contribution < -0.4 is 5.32 Å². The Morgan fingerprint density at radius 3 is 2.32 bits per heavy atom. The molecule has 2 bridgehead atoms. The molecule has 4 saturated heterocycles. The summed E-state index contributed by atoms with van der Waals surface area (Å²) in [6.07, 6.45) is 4.26. The maximum atomic E-state index is 13.5. The number of Topliss-reactive ketones (excluding diaryl/α,β-unsaturated/α-hetero) is 1. The maximum absolute atomic E-state index is 13.5. The molecule has 4 heterocycles. The molecular weight excluding hydrogens is 566 g/mol. The third-order valence-corrected chi connectivity index (χ3v) is 10.4. The van der Waals surface area contributed by atoms with Crippen LogP contribution in [0.3, 0.4) is 0 Å². The highest BCUT2D eigenvalue weighted by molar-refractivity contribution is 5.91. The van der Waals surface area contributed by atoms with Gasteiger partial charge in [0.15, 0.2) is 0 Å². The molecule has 1 saturated carbocycles. The lowest BCUT2D eigenvalue weighted by Crippen LogP contribution is -2.58.